The fraction of sp³-hybridized carbons (Fsp3) is 0.211. The summed E-state index contributed by atoms with van der Waals surface area (Å²) < 4.78 is 28.1. The van der Waals surface area contributed by atoms with Gasteiger partial charge in [-0.1, -0.05) is 11.6 Å². The summed E-state index contributed by atoms with van der Waals surface area (Å²) in [5.74, 6) is -0.924. The summed E-state index contributed by atoms with van der Waals surface area (Å²) in [6.45, 7) is 0.827. The van der Waals surface area contributed by atoms with Gasteiger partial charge in [0.2, 0.25) is 0 Å². The summed E-state index contributed by atoms with van der Waals surface area (Å²) in [5.41, 5.74) is 1.65. The first-order valence-electron chi connectivity index (χ1n) is 8.40. The molecule has 138 valence electrons. The molecule has 0 atom stereocenters. The van der Waals surface area contributed by atoms with Crippen molar-refractivity contribution in [3.05, 3.63) is 80.5 Å². The number of hydrogen-bond acceptors (Lipinski definition) is 4. The molecule has 27 heavy (non-hydrogen) atoms. The third-order valence-corrected chi connectivity index (χ3v) is 4.91. The standard InChI is InChI=1S/C19H15ClF2N4O/c20-14-1-2-15(21)12(17(14)22)9-26-8-5-16-13(10-26)19(27)25-18(24-16)11-3-6-23-7-4-11/h1-4,6-7H,5,8-10H2,(H,24,25,27). The van der Waals surface area contributed by atoms with Crippen LogP contribution < -0.4 is 5.56 Å². The van der Waals surface area contributed by atoms with Crippen molar-refractivity contribution in [2.24, 2.45) is 0 Å². The zero-order chi connectivity index (χ0) is 19.0. The number of aromatic amines is 1. The van der Waals surface area contributed by atoms with Gasteiger partial charge in [0.25, 0.3) is 5.56 Å². The number of nitrogens with zero attached hydrogens (tertiary/aromatic N) is 3. The number of rotatable bonds is 3. The van der Waals surface area contributed by atoms with E-state index < -0.39 is 11.6 Å². The lowest BCUT2D eigenvalue weighted by molar-refractivity contribution is 0.235. The van der Waals surface area contributed by atoms with E-state index in [1.807, 2.05) is 4.90 Å². The highest BCUT2D eigenvalue weighted by molar-refractivity contribution is 6.30. The number of pyridine rings is 1. The molecule has 1 aliphatic heterocycles. The molecule has 2 aromatic heterocycles. The van der Waals surface area contributed by atoms with Crippen LogP contribution in [-0.4, -0.2) is 26.4 Å². The Bertz CT molecular complexity index is 1060. The van der Waals surface area contributed by atoms with E-state index >= 15 is 0 Å². The van der Waals surface area contributed by atoms with Gasteiger partial charge in [-0.05, 0) is 24.3 Å². The average Bonchev–Trinajstić information content (AvgIpc) is 2.69. The van der Waals surface area contributed by atoms with Crippen LogP contribution in [0.2, 0.25) is 5.02 Å². The second-order valence-electron chi connectivity index (χ2n) is 6.36. The Kier molecular flexibility index (Phi) is 4.72. The number of H-pyrrole nitrogens is 1. The van der Waals surface area contributed by atoms with Crippen molar-refractivity contribution in [1.82, 2.24) is 19.9 Å². The van der Waals surface area contributed by atoms with E-state index in [0.717, 1.165) is 11.6 Å². The molecule has 1 aliphatic rings. The van der Waals surface area contributed by atoms with Gasteiger partial charge in [0, 0.05) is 49.6 Å². The van der Waals surface area contributed by atoms with Gasteiger partial charge in [0.1, 0.15) is 17.5 Å². The smallest absolute Gasteiger partial charge is 0.255 e. The third kappa shape index (κ3) is 3.48. The number of hydrogen-bond donors (Lipinski definition) is 1. The Morgan fingerprint density at radius 1 is 1.19 bits per heavy atom. The summed E-state index contributed by atoms with van der Waals surface area (Å²) in [7, 11) is 0. The zero-order valence-electron chi connectivity index (χ0n) is 14.2. The largest absolute Gasteiger partial charge is 0.306 e. The van der Waals surface area contributed by atoms with E-state index in [4.69, 9.17) is 11.6 Å². The molecule has 8 heteroatoms. The summed E-state index contributed by atoms with van der Waals surface area (Å²) in [6, 6.07) is 5.87. The number of aromatic nitrogens is 3. The second-order valence-corrected chi connectivity index (χ2v) is 6.77. The van der Waals surface area contributed by atoms with Crippen molar-refractivity contribution in [3.63, 3.8) is 0 Å². The molecule has 0 unspecified atom stereocenters. The molecular formula is C19H15ClF2N4O. The first-order chi connectivity index (χ1) is 13.0. The normalized spacial score (nSPS) is 14.2. The number of halogens is 3. The third-order valence-electron chi connectivity index (χ3n) is 4.62. The Hall–Kier alpha value is -2.64. The van der Waals surface area contributed by atoms with Crippen LogP contribution in [0.4, 0.5) is 8.78 Å². The molecular weight excluding hydrogens is 374 g/mol. The molecule has 3 aromatic rings. The van der Waals surface area contributed by atoms with Gasteiger partial charge in [0.15, 0.2) is 0 Å². The van der Waals surface area contributed by atoms with Crippen LogP contribution in [0.1, 0.15) is 16.8 Å². The summed E-state index contributed by atoms with van der Waals surface area (Å²) in [4.78, 5) is 25.6. The van der Waals surface area contributed by atoms with Crippen LogP contribution in [0.15, 0.2) is 41.5 Å². The topological polar surface area (TPSA) is 61.9 Å². The summed E-state index contributed by atoms with van der Waals surface area (Å²) in [5, 5.41) is -0.120. The van der Waals surface area contributed by atoms with Crippen LogP contribution in [-0.2, 0) is 19.5 Å². The van der Waals surface area contributed by atoms with Gasteiger partial charge in [0.05, 0.1) is 16.3 Å². The second kappa shape index (κ2) is 7.17. The highest BCUT2D eigenvalue weighted by atomic mass is 35.5. The Morgan fingerprint density at radius 2 is 1.96 bits per heavy atom. The lowest BCUT2D eigenvalue weighted by Crippen LogP contribution is -2.35. The number of nitrogens with one attached hydrogen (secondary N) is 1. The van der Waals surface area contributed by atoms with Crippen molar-refractivity contribution < 1.29 is 8.78 Å². The molecule has 5 nitrogen and oxygen atoms in total. The average molecular weight is 389 g/mol. The van der Waals surface area contributed by atoms with E-state index in [9.17, 15) is 13.6 Å². The minimum absolute atomic E-state index is 0.0310. The zero-order valence-corrected chi connectivity index (χ0v) is 14.9. The molecule has 3 heterocycles. The van der Waals surface area contributed by atoms with E-state index in [1.165, 1.54) is 6.07 Å². The molecule has 4 rings (SSSR count). The molecule has 0 radical (unpaired) electrons. The molecule has 0 amide bonds. The lowest BCUT2D eigenvalue weighted by Gasteiger charge is -2.28. The molecule has 0 saturated carbocycles. The quantitative estimate of drug-likeness (QED) is 0.699. The maximum Gasteiger partial charge on any atom is 0.255 e. The monoisotopic (exact) mass is 388 g/mol. The molecule has 0 saturated heterocycles. The SMILES string of the molecule is O=c1[nH]c(-c2ccncc2)nc2c1CN(Cc1c(F)ccc(Cl)c1F)CC2. The summed E-state index contributed by atoms with van der Waals surface area (Å²) >= 11 is 5.76. The predicted octanol–water partition coefficient (Wildman–Crippen LogP) is 3.32. The maximum absolute atomic E-state index is 14.1. The first-order valence-corrected chi connectivity index (χ1v) is 8.78. The Labute approximate surface area is 158 Å². The molecule has 0 aliphatic carbocycles. The Morgan fingerprint density at radius 3 is 2.74 bits per heavy atom. The van der Waals surface area contributed by atoms with Crippen molar-refractivity contribution in [3.8, 4) is 11.4 Å². The van der Waals surface area contributed by atoms with E-state index in [0.29, 0.717) is 30.0 Å². The van der Waals surface area contributed by atoms with Crippen LogP contribution in [0.5, 0.6) is 0 Å². The van der Waals surface area contributed by atoms with Gasteiger partial charge in [-0.15, -0.1) is 0 Å². The van der Waals surface area contributed by atoms with Crippen LogP contribution in [0.3, 0.4) is 0 Å². The molecule has 1 N–H and O–H groups in total. The van der Waals surface area contributed by atoms with Crippen molar-refractivity contribution in [2.45, 2.75) is 19.5 Å². The molecule has 1 aromatic carbocycles. The van der Waals surface area contributed by atoms with Gasteiger partial charge < -0.3 is 4.98 Å². The fourth-order valence-electron chi connectivity index (χ4n) is 3.20. The van der Waals surface area contributed by atoms with Gasteiger partial charge in [-0.3, -0.25) is 14.7 Å². The van der Waals surface area contributed by atoms with Crippen molar-refractivity contribution in [2.75, 3.05) is 6.54 Å². The van der Waals surface area contributed by atoms with Gasteiger partial charge >= 0.3 is 0 Å². The van der Waals surface area contributed by atoms with Gasteiger partial charge in [-0.2, -0.15) is 0 Å². The minimum Gasteiger partial charge on any atom is -0.306 e. The maximum atomic E-state index is 14.1. The molecule has 0 bridgehead atoms. The Balaban J connectivity index is 1.61. The van der Waals surface area contributed by atoms with E-state index in [1.54, 1.807) is 24.5 Å². The van der Waals surface area contributed by atoms with Crippen LogP contribution in [0, 0.1) is 11.6 Å². The van der Waals surface area contributed by atoms with Crippen molar-refractivity contribution >= 4 is 11.6 Å². The minimum atomic E-state index is -0.762. The number of benzene rings is 1. The first kappa shape index (κ1) is 17.8. The molecule has 0 fully saturated rings. The van der Waals surface area contributed by atoms with Crippen LogP contribution in [0.25, 0.3) is 11.4 Å². The number of fused-ring (bicyclic) bond motifs is 1. The molecule has 0 spiro atoms. The van der Waals surface area contributed by atoms with E-state index in [-0.39, 0.29) is 29.2 Å². The van der Waals surface area contributed by atoms with Gasteiger partial charge in [-0.25, -0.2) is 13.8 Å². The lowest BCUT2D eigenvalue weighted by atomic mass is 10.1. The van der Waals surface area contributed by atoms with Crippen LogP contribution >= 0.6 is 11.6 Å². The fourth-order valence-corrected chi connectivity index (χ4v) is 3.38. The summed E-state index contributed by atoms with van der Waals surface area (Å²) in [6.07, 6.45) is 3.77. The highest BCUT2D eigenvalue weighted by Crippen LogP contribution is 2.25. The predicted molar refractivity (Wildman–Crippen MR) is 97.3 cm³/mol. The van der Waals surface area contributed by atoms with Crippen molar-refractivity contribution in [1.29, 1.82) is 0 Å². The highest BCUT2D eigenvalue weighted by Gasteiger charge is 2.24. The van der Waals surface area contributed by atoms with E-state index in [2.05, 4.69) is 15.0 Å².